The van der Waals surface area contributed by atoms with Gasteiger partial charge in [0, 0.05) is 5.69 Å². The number of halogens is 2. The first-order valence-electron chi connectivity index (χ1n) is 7.11. The van der Waals surface area contributed by atoms with Crippen LogP contribution in [0.2, 0.25) is 10.0 Å². The molecule has 2 aromatic rings. The minimum Gasteiger partial charge on any atom is -0.373 e. The summed E-state index contributed by atoms with van der Waals surface area (Å²) in [5.74, 6) is -0.563. The van der Waals surface area contributed by atoms with Gasteiger partial charge in [-0.1, -0.05) is 40.9 Å². The molecule has 0 aromatic heterocycles. The van der Waals surface area contributed by atoms with Crippen LogP contribution in [0.3, 0.4) is 0 Å². The second-order valence-electron chi connectivity index (χ2n) is 5.43. The summed E-state index contributed by atoms with van der Waals surface area (Å²) in [6, 6.07) is 11.8. The highest BCUT2D eigenvalue weighted by Gasteiger charge is 2.39. The number of imide groups is 1. The largest absolute Gasteiger partial charge is 0.373 e. The van der Waals surface area contributed by atoms with E-state index >= 15 is 0 Å². The normalized spacial score (nSPS) is 17.7. The van der Waals surface area contributed by atoms with E-state index in [-0.39, 0.29) is 18.2 Å². The average Bonchev–Trinajstić information content (AvgIpc) is 2.79. The Kier molecular flexibility index (Phi) is 4.28. The molecule has 0 spiro atoms. The number of aryl methyl sites for hydroxylation is 1. The van der Waals surface area contributed by atoms with Gasteiger partial charge in [-0.05, 0) is 37.3 Å². The zero-order valence-corrected chi connectivity index (χ0v) is 13.9. The first-order valence-corrected chi connectivity index (χ1v) is 7.86. The van der Waals surface area contributed by atoms with Gasteiger partial charge in [-0.3, -0.25) is 9.59 Å². The highest BCUT2D eigenvalue weighted by atomic mass is 35.5. The molecule has 1 N–H and O–H groups in total. The van der Waals surface area contributed by atoms with Crippen molar-refractivity contribution >= 4 is 46.4 Å². The van der Waals surface area contributed by atoms with E-state index in [4.69, 9.17) is 23.2 Å². The van der Waals surface area contributed by atoms with E-state index in [0.29, 0.717) is 15.7 Å². The van der Waals surface area contributed by atoms with Crippen molar-refractivity contribution in [1.82, 2.24) is 0 Å². The molecule has 118 valence electrons. The van der Waals surface area contributed by atoms with Gasteiger partial charge in [0.2, 0.25) is 5.91 Å². The molecule has 6 heteroatoms. The van der Waals surface area contributed by atoms with Gasteiger partial charge >= 0.3 is 0 Å². The number of benzene rings is 2. The minimum absolute atomic E-state index is 0.104. The fourth-order valence-electron chi connectivity index (χ4n) is 2.49. The van der Waals surface area contributed by atoms with Crippen LogP contribution in [0.5, 0.6) is 0 Å². The Morgan fingerprint density at radius 2 is 1.74 bits per heavy atom. The number of hydrogen-bond acceptors (Lipinski definition) is 3. The van der Waals surface area contributed by atoms with Crippen molar-refractivity contribution < 1.29 is 9.59 Å². The fraction of sp³-hybridized carbons (Fsp3) is 0.176. The maximum Gasteiger partial charge on any atom is 0.256 e. The highest BCUT2D eigenvalue weighted by molar-refractivity contribution is 6.42. The van der Waals surface area contributed by atoms with Gasteiger partial charge < -0.3 is 5.32 Å². The van der Waals surface area contributed by atoms with E-state index in [9.17, 15) is 9.59 Å². The van der Waals surface area contributed by atoms with Crippen LogP contribution in [0.15, 0.2) is 42.5 Å². The van der Waals surface area contributed by atoms with E-state index in [1.54, 1.807) is 12.1 Å². The Balaban J connectivity index is 1.82. The van der Waals surface area contributed by atoms with Crippen LogP contribution in [0.1, 0.15) is 12.0 Å². The van der Waals surface area contributed by atoms with Crippen LogP contribution in [-0.4, -0.2) is 17.9 Å². The maximum atomic E-state index is 12.6. The number of hydrogen-bond donors (Lipinski definition) is 1. The predicted molar refractivity (Wildman–Crippen MR) is 92.2 cm³/mol. The van der Waals surface area contributed by atoms with Crippen LogP contribution >= 0.6 is 23.2 Å². The average molecular weight is 349 g/mol. The molecule has 1 atom stereocenters. The first kappa shape index (κ1) is 15.8. The highest BCUT2D eigenvalue weighted by Crippen LogP contribution is 2.30. The number of anilines is 2. The summed E-state index contributed by atoms with van der Waals surface area (Å²) in [6.45, 7) is 1.99. The summed E-state index contributed by atoms with van der Waals surface area (Å²) in [7, 11) is 0. The molecular weight excluding hydrogens is 335 g/mol. The Labute approximate surface area is 144 Å². The van der Waals surface area contributed by atoms with Gasteiger partial charge in [0.15, 0.2) is 0 Å². The van der Waals surface area contributed by atoms with E-state index in [2.05, 4.69) is 5.32 Å². The van der Waals surface area contributed by atoms with Crippen LogP contribution in [0.25, 0.3) is 0 Å². The second kappa shape index (κ2) is 6.22. The van der Waals surface area contributed by atoms with E-state index < -0.39 is 6.04 Å². The molecule has 1 saturated heterocycles. The molecule has 2 aromatic carbocycles. The molecule has 1 unspecified atom stereocenters. The lowest BCUT2D eigenvalue weighted by Gasteiger charge is -2.16. The zero-order valence-electron chi connectivity index (χ0n) is 12.3. The Morgan fingerprint density at radius 3 is 2.39 bits per heavy atom. The number of nitrogens with zero attached hydrogens (tertiary/aromatic N) is 1. The number of carbonyl (C=O) groups excluding carboxylic acids is 2. The van der Waals surface area contributed by atoms with Gasteiger partial charge in [-0.2, -0.15) is 0 Å². The topological polar surface area (TPSA) is 49.4 Å². The predicted octanol–water partition coefficient (Wildman–Crippen LogP) is 4.05. The van der Waals surface area contributed by atoms with E-state index in [1.165, 1.54) is 6.07 Å². The van der Waals surface area contributed by atoms with Crippen LogP contribution in [-0.2, 0) is 9.59 Å². The molecule has 1 heterocycles. The van der Waals surface area contributed by atoms with Gasteiger partial charge in [0.05, 0.1) is 22.2 Å². The molecule has 2 amide bonds. The van der Waals surface area contributed by atoms with Crippen LogP contribution in [0.4, 0.5) is 11.4 Å². The van der Waals surface area contributed by atoms with Crippen molar-refractivity contribution in [3.8, 4) is 0 Å². The van der Waals surface area contributed by atoms with Crippen molar-refractivity contribution in [2.75, 3.05) is 10.2 Å². The molecule has 4 nitrogen and oxygen atoms in total. The number of rotatable bonds is 3. The monoisotopic (exact) mass is 348 g/mol. The SMILES string of the molecule is Cc1ccc(NC2CC(=O)N(c3ccc(Cl)c(Cl)c3)C2=O)cc1. The minimum atomic E-state index is -0.584. The lowest BCUT2D eigenvalue weighted by Crippen LogP contribution is -2.34. The molecule has 3 rings (SSSR count). The second-order valence-corrected chi connectivity index (χ2v) is 6.25. The molecule has 1 aliphatic heterocycles. The van der Waals surface area contributed by atoms with Gasteiger partial charge in [-0.15, -0.1) is 0 Å². The van der Waals surface area contributed by atoms with Crippen LogP contribution < -0.4 is 10.2 Å². The zero-order chi connectivity index (χ0) is 16.6. The van der Waals surface area contributed by atoms with Crippen molar-refractivity contribution in [3.63, 3.8) is 0 Å². The third kappa shape index (κ3) is 3.19. The lowest BCUT2D eigenvalue weighted by molar-refractivity contribution is -0.121. The number of carbonyl (C=O) groups is 2. The van der Waals surface area contributed by atoms with E-state index in [0.717, 1.165) is 16.2 Å². The van der Waals surface area contributed by atoms with Crippen molar-refractivity contribution in [3.05, 3.63) is 58.1 Å². The molecule has 1 fully saturated rings. The lowest BCUT2D eigenvalue weighted by atomic mass is 10.2. The Hall–Kier alpha value is -2.04. The summed E-state index contributed by atoms with van der Waals surface area (Å²) in [4.78, 5) is 25.9. The van der Waals surface area contributed by atoms with Gasteiger partial charge in [0.25, 0.3) is 5.91 Å². The third-order valence-electron chi connectivity index (χ3n) is 3.70. The molecular formula is C17H14Cl2N2O2. The summed E-state index contributed by atoms with van der Waals surface area (Å²) in [6.07, 6.45) is 0.104. The summed E-state index contributed by atoms with van der Waals surface area (Å²) in [5, 5.41) is 3.79. The summed E-state index contributed by atoms with van der Waals surface area (Å²) in [5.41, 5.74) is 2.36. The quantitative estimate of drug-likeness (QED) is 0.851. The molecule has 23 heavy (non-hydrogen) atoms. The molecule has 1 aliphatic rings. The van der Waals surface area contributed by atoms with Crippen LogP contribution in [0, 0.1) is 6.92 Å². The fourth-order valence-corrected chi connectivity index (χ4v) is 2.78. The molecule has 0 bridgehead atoms. The molecule has 0 saturated carbocycles. The number of nitrogens with one attached hydrogen (secondary N) is 1. The first-order chi connectivity index (χ1) is 11.0. The number of amides is 2. The standard InChI is InChI=1S/C17H14Cl2N2O2/c1-10-2-4-11(5-3-10)20-15-9-16(22)21(17(15)23)12-6-7-13(18)14(19)8-12/h2-8,15,20H,9H2,1H3. The van der Waals surface area contributed by atoms with Crippen molar-refractivity contribution in [2.24, 2.45) is 0 Å². The van der Waals surface area contributed by atoms with Crippen molar-refractivity contribution in [2.45, 2.75) is 19.4 Å². The smallest absolute Gasteiger partial charge is 0.256 e. The van der Waals surface area contributed by atoms with E-state index in [1.807, 2.05) is 31.2 Å². The third-order valence-corrected chi connectivity index (χ3v) is 4.44. The van der Waals surface area contributed by atoms with Crippen molar-refractivity contribution in [1.29, 1.82) is 0 Å². The Morgan fingerprint density at radius 1 is 1.04 bits per heavy atom. The van der Waals surface area contributed by atoms with Gasteiger partial charge in [-0.25, -0.2) is 4.90 Å². The maximum absolute atomic E-state index is 12.6. The summed E-state index contributed by atoms with van der Waals surface area (Å²) >= 11 is 11.8. The van der Waals surface area contributed by atoms with Gasteiger partial charge in [0.1, 0.15) is 6.04 Å². The Bertz CT molecular complexity index is 775. The summed E-state index contributed by atoms with van der Waals surface area (Å²) < 4.78 is 0. The molecule has 0 radical (unpaired) electrons. The molecule has 0 aliphatic carbocycles.